The van der Waals surface area contributed by atoms with E-state index >= 15 is 0 Å². The lowest BCUT2D eigenvalue weighted by molar-refractivity contribution is -0.483. The Bertz CT molecular complexity index is 2530. The molecule has 0 aliphatic carbocycles. The summed E-state index contributed by atoms with van der Waals surface area (Å²) >= 11 is 0. The zero-order chi connectivity index (χ0) is 31.6. The molecule has 0 bridgehead atoms. The molecule has 0 fully saturated rings. The third kappa shape index (κ3) is 3.96. The van der Waals surface area contributed by atoms with Crippen LogP contribution in [0.1, 0.15) is 0 Å². The summed E-state index contributed by atoms with van der Waals surface area (Å²) in [5.74, 6) is 0. The van der Waals surface area contributed by atoms with Crippen LogP contribution >= 0.6 is 0 Å². The second-order valence-electron chi connectivity index (χ2n) is 11.1. The molecule has 0 radical (unpaired) electrons. The first-order chi connectivity index (χ1) is 23.8. The number of hydrogen-bond acceptors (Lipinski definition) is 11. The van der Waals surface area contributed by atoms with Crippen molar-refractivity contribution >= 4 is 93.7 Å². The van der Waals surface area contributed by atoms with Gasteiger partial charge in [-0.15, -0.1) is 0 Å². The lowest BCUT2D eigenvalue weighted by atomic mass is 10.2. The Hall–Kier alpha value is -7.08. The molecular formula is C36H19N12+. The highest BCUT2D eigenvalue weighted by atomic mass is 15.1. The normalized spacial score (nSPS) is 11.8. The predicted molar refractivity (Wildman–Crippen MR) is 182 cm³/mol. The molecule has 222 valence electrons. The minimum absolute atomic E-state index is 0.473. The maximum atomic E-state index is 5.27. The predicted octanol–water partition coefficient (Wildman–Crippen LogP) is 5.68. The molecule has 0 aromatic carbocycles. The van der Waals surface area contributed by atoms with Gasteiger partial charge in [-0.1, -0.05) is 9.97 Å². The van der Waals surface area contributed by atoms with Crippen LogP contribution in [0.3, 0.4) is 0 Å². The summed E-state index contributed by atoms with van der Waals surface area (Å²) in [6.07, 6.45) is 15.9. The molecule has 0 N–H and O–H groups in total. The van der Waals surface area contributed by atoms with Gasteiger partial charge in [-0.3, -0.25) is 29.9 Å². The molecule has 0 amide bonds. The van der Waals surface area contributed by atoms with Crippen LogP contribution in [0.5, 0.6) is 0 Å². The van der Waals surface area contributed by atoms with E-state index in [1.54, 1.807) is 49.6 Å². The Balaban J connectivity index is 1.62. The topological polar surface area (TPSA) is 146 Å². The molecule has 12 nitrogen and oxygen atoms in total. The van der Waals surface area contributed by atoms with Crippen LogP contribution < -0.4 is 4.40 Å². The maximum Gasteiger partial charge on any atom is 0.296 e. The molecule has 0 unspecified atom stereocenters. The smallest absolute Gasteiger partial charge is 0.264 e. The van der Waals surface area contributed by atoms with Gasteiger partial charge >= 0.3 is 0 Å². The van der Waals surface area contributed by atoms with Gasteiger partial charge in [0.05, 0.1) is 34.5 Å². The third-order valence-electron chi connectivity index (χ3n) is 8.28. The quantitative estimate of drug-likeness (QED) is 0.193. The van der Waals surface area contributed by atoms with Crippen LogP contribution in [-0.4, -0.2) is 54.8 Å². The van der Waals surface area contributed by atoms with Gasteiger partial charge in [0.1, 0.15) is 22.1 Å². The summed E-state index contributed by atoms with van der Waals surface area (Å²) in [5.41, 5.74) is 8.14. The van der Waals surface area contributed by atoms with Crippen molar-refractivity contribution in [3.05, 3.63) is 116 Å². The molecule has 10 heterocycles. The monoisotopic (exact) mass is 619 g/mol. The van der Waals surface area contributed by atoms with Gasteiger partial charge in [0.2, 0.25) is 0 Å². The fraction of sp³-hybridized carbons (Fsp3) is 0. The van der Waals surface area contributed by atoms with Crippen LogP contribution in [0.25, 0.3) is 93.7 Å². The van der Waals surface area contributed by atoms with Gasteiger partial charge in [-0.25, -0.2) is 15.0 Å². The van der Waals surface area contributed by atoms with Crippen LogP contribution in [0.2, 0.25) is 0 Å². The summed E-state index contributed by atoms with van der Waals surface area (Å²) < 4.78 is 1.91. The summed E-state index contributed by atoms with van der Waals surface area (Å²) in [6.45, 7) is 0. The fourth-order valence-corrected chi connectivity index (χ4v) is 6.16. The molecule has 0 aliphatic heterocycles. The van der Waals surface area contributed by atoms with E-state index in [4.69, 9.17) is 34.9 Å². The number of nitrogens with zero attached hydrogens (tertiary/aromatic N) is 12. The van der Waals surface area contributed by atoms with E-state index in [9.17, 15) is 0 Å². The first kappa shape index (κ1) is 26.2. The van der Waals surface area contributed by atoms with Crippen LogP contribution in [-0.2, 0) is 0 Å². The summed E-state index contributed by atoms with van der Waals surface area (Å²) in [7, 11) is 0. The van der Waals surface area contributed by atoms with Crippen molar-refractivity contribution in [3.8, 4) is 0 Å². The van der Waals surface area contributed by atoms with Gasteiger partial charge in [0.25, 0.3) is 11.3 Å². The van der Waals surface area contributed by atoms with Gasteiger partial charge in [-0.2, -0.15) is 4.40 Å². The highest BCUT2D eigenvalue weighted by molar-refractivity contribution is 6.10. The average Bonchev–Trinajstić information content (AvgIpc) is 3.11. The molecule has 10 aromatic heterocycles. The van der Waals surface area contributed by atoms with Crippen molar-refractivity contribution in [2.24, 2.45) is 0 Å². The summed E-state index contributed by atoms with van der Waals surface area (Å²) in [5, 5.41) is 2.48. The molecule has 48 heavy (non-hydrogen) atoms. The third-order valence-corrected chi connectivity index (χ3v) is 8.28. The number of rotatable bonds is 0. The van der Waals surface area contributed by atoms with E-state index in [2.05, 4.69) is 19.9 Å². The number of fused-ring (bicyclic) bond motifs is 15. The van der Waals surface area contributed by atoms with Crippen LogP contribution in [0, 0.1) is 0 Å². The van der Waals surface area contributed by atoms with E-state index in [1.165, 1.54) is 0 Å². The van der Waals surface area contributed by atoms with Gasteiger partial charge in [-0.05, 0) is 60.7 Å². The van der Waals surface area contributed by atoms with E-state index in [-0.39, 0.29) is 0 Å². The highest BCUT2D eigenvalue weighted by Crippen LogP contribution is 2.27. The van der Waals surface area contributed by atoms with E-state index in [0.717, 1.165) is 16.2 Å². The number of hydrogen-bond donors (Lipinski definition) is 0. The van der Waals surface area contributed by atoms with Crippen molar-refractivity contribution in [2.45, 2.75) is 0 Å². The molecule has 10 aromatic rings. The largest absolute Gasteiger partial charge is 0.296 e. The Morgan fingerprint density at radius 3 is 1.50 bits per heavy atom. The van der Waals surface area contributed by atoms with Crippen molar-refractivity contribution in [2.75, 3.05) is 0 Å². The second kappa shape index (κ2) is 10.2. The van der Waals surface area contributed by atoms with Crippen LogP contribution in [0.15, 0.2) is 116 Å². The molecule has 0 aliphatic rings. The highest BCUT2D eigenvalue weighted by Gasteiger charge is 2.22. The van der Waals surface area contributed by atoms with E-state index in [0.29, 0.717) is 77.5 Å². The molecular weight excluding hydrogens is 600 g/mol. The van der Waals surface area contributed by atoms with Gasteiger partial charge in [0, 0.05) is 59.5 Å². The first-order valence-electron chi connectivity index (χ1n) is 15.1. The first-order valence-corrected chi connectivity index (χ1v) is 15.1. The van der Waals surface area contributed by atoms with Crippen molar-refractivity contribution in [1.82, 2.24) is 54.8 Å². The summed E-state index contributed by atoms with van der Waals surface area (Å²) in [6, 6.07) is 18.9. The lowest BCUT2D eigenvalue weighted by Crippen LogP contribution is -2.25. The minimum atomic E-state index is 0.473. The molecule has 0 saturated carbocycles. The molecule has 12 heteroatoms. The van der Waals surface area contributed by atoms with Crippen molar-refractivity contribution < 1.29 is 4.40 Å². The Morgan fingerprint density at radius 2 is 0.854 bits per heavy atom. The fourth-order valence-electron chi connectivity index (χ4n) is 6.16. The Kier molecular flexibility index (Phi) is 5.57. The minimum Gasteiger partial charge on any atom is -0.264 e. The zero-order valence-corrected chi connectivity index (χ0v) is 24.8. The number of pyridine rings is 7. The standard InChI is InChI=1S/C36H19N12/c1-5-23-29(40-12-1)22-10-16-38-18-27(22)47-36-34(44-23)32-33(45-26-8-4-14-42-31(26)30-25(43-32)7-3-13-41-30)35-46-24-6-2-11-39-28(24)21-9-15-37-17-20(21)19-48(35)36/h1-19H/q+1. The molecule has 0 spiro atoms. The molecule has 0 atom stereocenters. The average molecular weight is 620 g/mol. The van der Waals surface area contributed by atoms with Gasteiger partial charge in [0.15, 0.2) is 22.1 Å². The molecule has 0 saturated heterocycles. The van der Waals surface area contributed by atoms with E-state index < -0.39 is 0 Å². The Labute approximate surface area is 268 Å². The van der Waals surface area contributed by atoms with E-state index in [1.807, 2.05) is 71.3 Å². The number of aromatic nitrogens is 12. The zero-order valence-electron chi connectivity index (χ0n) is 24.8. The summed E-state index contributed by atoms with van der Waals surface area (Å²) in [4.78, 5) is 54.0. The Morgan fingerprint density at radius 1 is 0.375 bits per heavy atom. The SMILES string of the molecule is c1cnc2c(c1)nc1c3nc4cccnc4c4ncccc4nc3c3nc4cccnc4c4ccncc4nc3[n+]1cc1cnccc12. The lowest BCUT2D eigenvalue weighted by Gasteiger charge is -2.06. The maximum absolute atomic E-state index is 5.27. The van der Waals surface area contributed by atoms with Crippen LogP contribution in [0.4, 0.5) is 0 Å². The van der Waals surface area contributed by atoms with Crippen molar-refractivity contribution in [1.29, 1.82) is 0 Å². The molecule has 10 rings (SSSR count). The second-order valence-corrected chi connectivity index (χ2v) is 11.1. The van der Waals surface area contributed by atoms with Gasteiger partial charge < -0.3 is 0 Å². The van der Waals surface area contributed by atoms with Crippen molar-refractivity contribution in [3.63, 3.8) is 0 Å².